The van der Waals surface area contributed by atoms with Crippen molar-refractivity contribution in [1.29, 1.82) is 0 Å². The SMILES string of the molecule is Clc1ccc([C](=[Zr+2])c2ccccc2)cc1.[C-]1=CC=CC1.[Cl-].[Cl-].c1ccc2c(c1)[cH-]c1c3ccccc3c3ccccc3c21. The standard InChI is InChI=1S/C21H13.C13H9Cl.C5H5.2ClH.Zr/c1-2-8-15-14(7-1)13-20-18-11-4-3-9-16(18)17-10-5-6-12-19(17)21(15)20;14-13-8-6-12(7-9-13)10-11-4-2-1-3-5-11;1-2-4-5-3-1;;;/h1-13H;1-9H;1-3H,4H2;2*1H;/q-1;;-1;;;+2/p-2. The molecule has 0 saturated heterocycles. The Morgan fingerprint density at radius 1 is 0.605 bits per heavy atom. The van der Waals surface area contributed by atoms with Crippen LogP contribution in [0.4, 0.5) is 0 Å². The minimum Gasteiger partial charge on any atom is -1.00 e. The van der Waals surface area contributed by atoms with E-state index in [1.807, 2.05) is 30.4 Å². The third-order valence-corrected chi connectivity index (χ3v) is 8.96. The van der Waals surface area contributed by atoms with E-state index in [-0.39, 0.29) is 24.8 Å². The van der Waals surface area contributed by atoms with Crippen LogP contribution in [0, 0.1) is 6.08 Å². The average Bonchev–Trinajstić information content (AvgIpc) is 3.75. The average molecular weight is 693 g/mol. The quantitative estimate of drug-likeness (QED) is 0.181. The predicted molar refractivity (Wildman–Crippen MR) is 175 cm³/mol. The summed E-state index contributed by atoms with van der Waals surface area (Å²) in [5, 5.41) is 11.6. The van der Waals surface area contributed by atoms with Crippen molar-refractivity contribution in [3.63, 3.8) is 0 Å². The smallest absolute Gasteiger partial charge is 0.0255 e. The van der Waals surface area contributed by atoms with Gasteiger partial charge < -0.3 is 24.8 Å². The van der Waals surface area contributed by atoms with Crippen LogP contribution < -0.4 is 24.8 Å². The molecule has 0 amide bonds. The van der Waals surface area contributed by atoms with E-state index in [0.29, 0.717) is 0 Å². The van der Waals surface area contributed by atoms with Crippen LogP contribution in [0.2, 0.25) is 5.02 Å². The molecule has 0 atom stereocenters. The number of benzene rings is 6. The van der Waals surface area contributed by atoms with Crippen LogP contribution in [0.15, 0.2) is 152 Å². The van der Waals surface area contributed by atoms with Gasteiger partial charge in [0.25, 0.3) is 0 Å². The fourth-order valence-corrected chi connectivity index (χ4v) is 6.29. The molecule has 8 rings (SSSR count). The van der Waals surface area contributed by atoms with Crippen molar-refractivity contribution in [3.8, 4) is 0 Å². The van der Waals surface area contributed by atoms with Crippen LogP contribution in [0.25, 0.3) is 43.1 Å². The first-order valence-electron chi connectivity index (χ1n) is 13.7. The van der Waals surface area contributed by atoms with E-state index in [4.69, 9.17) is 11.6 Å². The molecule has 0 aromatic heterocycles. The minimum atomic E-state index is 0. The largest absolute Gasteiger partial charge is 1.00 e. The Labute approximate surface area is 285 Å². The van der Waals surface area contributed by atoms with Gasteiger partial charge in [-0.05, 0) is 10.8 Å². The van der Waals surface area contributed by atoms with E-state index in [2.05, 4.69) is 127 Å². The molecule has 4 heteroatoms. The number of rotatable bonds is 2. The molecule has 0 heterocycles. The van der Waals surface area contributed by atoms with Gasteiger partial charge in [0.2, 0.25) is 0 Å². The maximum atomic E-state index is 5.86. The van der Waals surface area contributed by atoms with E-state index in [9.17, 15) is 0 Å². The van der Waals surface area contributed by atoms with Gasteiger partial charge >= 0.3 is 110 Å². The van der Waals surface area contributed by atoms with Crippen molar-refractivity contribution in [3.05, 3.63) is 174 Å². The first kappa shape index (κ1) is 32.7. The second-order valence-electron chi connectivity index (χ2n) is 9.86. The third kappa shape index (κ3) is 7.31. The Bertz CT molecular complexity index is 2030. The Morgan fingerprint density at radius 2 is 1.14 bits per heavy atom. The molecule has 7 aromatic rings. The van der Waals surface area contributed by atoms with Crippen LogP contribution in [0.1, 0.15) is 17.5 Å². The van der Waals surface area contributed by atoms with Gasteiger partial charge in [-0.25, -0.2) is 12.2 Å². The van der Waals surface area contributed by atoms with Crippen molar-refractivity contribution in [2.45, 2.75) is 6.42 Å². The third-order valence-electron chi connectivity index (χ3n) is 7.28. The molecule has 7 aromatic carbocycles. The summed E-state index contributed by atoms with van der Waals surface area (Å²) in [5.74, 6) is 0. The molecule has 0 aliphatic heterocycles. The molecule has 0 bridgehead atoms. The van der Waals surface area contributed by atoms with E-state index in [0.717, 1.165) is 11.4 Å². The number of hydrogen-bond donors (Lipinski definition) is 0. The molecule has 0 unspecified atom stereocenters. The van der Waals surface area contributed by atoms with Crippen molar-refractivity contribution in [2.75, 3.05) is 0 Å². The molecule has 0 fully saturated rings. The van der Waals surface area contributed by atoms with Gasteiger partial charge in [-0.2, -0.15) is 6.08 Å². The summed E-state index contributed by atoms with van der Waals surface area (Å²) in [6.45, 7) is 0. The topological polar surface area (TPSA) is 0 Å². The summed E-state index contributed by atoms with van der Waals surface area (Å²) in [6, 6.07) is 47.0. The van der Waals surface area contributed by atoms with Gasteiger partial charge in [0.05, 0.1) is 0 Å². The summed E-state index contributed by atoms with van der Waals surface area (Å²) >= 11 is 7.28. The van der Waals surface area contributed by atoms with Gasteiger partial charge in [0, 0.05) is 0 Å². The number of halogens is 3. The molecule has 0 saturated carbocycles. The van der Waals surface area contributed by atoms with Gasteiger partial charge in [-0.1, -0.05) is 77.5 Å². The van der Waals surface area contributed by atoms with Gasteiger partial charge in [-0.3, -0.25) is 6.08 Å². The molecule has 1 aliphatic carbocycles. The molecular formula is C39H27Cl3Zr-2. The number of allylic oxidation sites excluding steroid dienone is 4. The minimum absolute atomic E-state index is 0. The zero-order valence-electron chi connectivity index (χ0n) is 23.3. The maximum absolute atomic E-state index is 5.86. The summed E-state index contributed by atoms with van der Waals surface area (Å²) in [5.41, 5.74) is 2.54. The first-order valence-corrected chi connectivity index (χ1v) is 15.3. The maximum Gasteiger partial charge on any atom is -0.0255 e. The Kier molecular flexibility index (Phi) is 11.8. The Morgan fingerprint density at radius 3 is 1.74 bits per heavy atom. The molecular weight excluding hydrogens is 666 g/mol. The zero-order valence-corrected chi connectivity index (χ0v) is 28.0. The summed E-state index contributed by atoms with van der Waals surface area (Å²) < 4.78 is 1.36. The fraction of sp³-hybridized carbons (Fsp3) is 0.0256. The normalized spacial score (nSPS) is 11.3. The van der Waals surface area contributed by atoms with E-state index in [1.165, 1.54) is 81.7 Å². The molecule has 0 spiro atoms. The van der Waals surface area contributed by atoms with E-state index in [1.54, 1.807) is 0 Å². The van der Waals surface area contributed by atoms with Crippen molar-refractivity contribution >= 4 is 57.9 Å². The predicted octanol–water partition coefficient (Wildman–Crippen LogP) is 4.79. The summed E-state index contributed by atoms with van der Waals surface area (Å²) in [7, 11) is 0. The second-order valence-corrected chi connectivity index (χ2v) is 11.5. The van der Waals surface area contributed by atoms with Gasteiger partial charge in [0.1, 0.15) is 0 Å². The molecule has 0 N–H and O–H groups in total. The van der Waals surface area contributed by atoms with Crippen molar-refractivity contribution in [1.82, 2.24) is 0 Å². The fourth-order valence-electron chi connectivity index (χ4n) is 5.34. The van der Waals surface area contributed by atoms with Crippen LogP contribution in [0.3, 0.4) is 0 Å². The Hall–Kier alpha value is -3.19. The monoisotopic (exact) mass is 690 g/mol. The molecule has 1 aliphatic rings. The number of hydrogen-bond acceptors (Lipinski definition) is 0. The zero-order chi connectivity index (χ0) is 28.0. The summed E-state index contributed by atoms with van der Waals surface area (Å²) in [6.07, 6.45) is 10.0. The van der Waals surface area contributed by atoms with Crippen LogP contribution >= 0.6 is 11.6 Å². The van der Waals surface area contributed by atoms with E-state index >= 15 is 0 Å². The summed E-state index contributed by atoms with van der Waals surface area (Å²) in [4.78, 5) is 0. The molecule has 0 radical (unpaired) electrons. The molecule has 43 heavy (non-hydrogen) atoms. The first-order chi connectivity index (χ1) is 20.2. The van der Waals surface area contributed by atoms with E-state index < -0.39 is 0 Å². The van der Waals surface area contributed by atoms with Crippen LogP contribution in [-0.2, 0) is 24.2 Å². The second kappa shape index (κ2) is 15.5. The molecule has 0 nitrogen and oxygen atoms in total. The van der Waals surface area contributed by atoms with Crippen LogP contribution in [0.5, 0.6) is 0 Å². The van der Waals surface area contributed by atoms with Crippen LogP contribution in [-0.4, -0.2) is 3.21 Å². The number of fused-ring (bicyclic) bond motifs is 8. The van der Waals surface area contributed by atoms with Crippen molar-refractivity contribution < 1.29 is 49.0 Å². The van der Waals surface area contributed by atoms with Crippen molar-refractivity contribution in [2.24, 2.45) is 0 Å². The molecule has 210 valence electrons. The van der Waals surface area contributed by atoms with Gasteiger partial charge in [0.15, 0.2) is 0 Å². The van der Waals surface area contributed by atoms with Gasteiger partial charge in [-0.15, -0.1) is 40.1 Å². The Balaban J connectivity index is 0.000000169.